The van der Waals surface area contributed by atoms with Crippen LogP contribution in [0.3, 0.4) is 0 Å². The predicted octanol–water partition coefficient (Wildman–Crippen LogP) is 2.18. The van der Waals surface area contributed by atoms with Crippen molar-refractivity contribution in [2.45, 2.75) is 37.6 Å². The molecule has 0 aliphatic rings. The fraction of sp³-hybridized carbons (Fsp3) is 0.400. The van der Waals surface area contributed by atoms with E-state index in [0.717, 1.165) is 11.1 Å². The van der Waals surface area contributed by atoms with E-state index in [1.807, 2.05) is 60.7 Å². The number of aliphatic hydroxyl groups is 3. The Morgan fingerprint density at radius 1 is 0.821 bits per heavy atom. The third-order valence-electron chi connectivity index (χ3n) is 4.23. The predicted molar refractivity (Wildman–Crippen MR) is 103 cm³/mol. The molecule has 4 atom stereocenters. The lowest BCUT2D eigenvalue weighted by Gasteiger charge is -2.33. The molecule has 0 amide bonds. The lowest BCUT2D eigenvalue weighted by Crippen LogP contribution is -2.49. The molecule has 0 aliphatic heterocycles. The van der Waals surface area contributed by atoms with E-state index in [0.29, 0.717) is 0 Å². The molecule has 8 heteroatoms. The number of aliphatic hydroxyl groups excluding tert-OH is 3. The van der Waals surface area contributed by atoms with E-state index in [-0.39, 0.29) is 13.2 Å². The average Bonchev–Trinajstić information content (AvgIpc) is 2.75. The first-order chi connectivity index (χ1) is 13.7. The number of benzene rings is 2. The second kappa shape index (κ2) is 12.1. The van der Waals surface area contributed by atoms with E-state index in [2.05, 4.69) is 10.0 Å². The minimum Gasteiger partial charge on any atom is -0.396 e. The van der Waals surface area contributed by atoms with Crippen LogP contribution in [0.25, 0.3) is 10.4 Å². The van der Waals surface area contributed by atoms with Gasteiger partial charge in [-0.15, -0.1) is 0 Å². The van der Waals surface area contributed by atoms with Crippen LogP contribution in [0.4, 0.5) is 0 Å². The number of rotatable bonds is 12. The van der Waals surface area contributed by atoms with E-state index < -0.39 is 37.6 Å². The summed E-state index contributed by atoms with van der Waals surface area (Å²) < 4.78 is 11.7. The molecule has 0 saturated carbocycles. The molecule has 2 aromatic carbocycles. The molecule has 8 nitrogen and oxygen atoms in total. The number of ether oxygens (including phenoxy) is 2. The number of hydrogen-bond donors (Lipinski definition) is 3. The van der Waals surface area contributed by atoms with Gasteiger partial charge >= 0.3 is 0 Å². The molecule has 0 spiro atoms. The summed E-state index contributed by atoms with van der Waals surface area (Å²) in [6, 6.07) is 17.6. The normalized spacial score (nSPS) is 15.2. The largest absolute Gasteiger partial charge is 0.396 e. The highest BCUT2D eigenvalue weighted by Crippen LogP contribution is 2.20. The Hall–Kier alpha value is -2.45. The number of nitrogens with zero attached hydrogens (tertiary/aromatic N) is 3. The monoisotopic (exact) mass is 387 g/mol. The molecule has 2 rings (SSSR count). The Morgan fingerprint density at radius 3 is 1.75 bits per heavy atom. The average molecular weight is 387 g/mol. The van der Waals surface area contributed by atoms with Crippen LogP contribution in [-0.4, -0.2) is 52.9 Å². The number of azide groups is 1. The molecule has 0 aliphatic carbocycles. The van der Waals surface area contributed by atoms with Gasteiger partial charge in [0, 0.05) is 4.91 Å². The van der Waals surface area contributed by atoms with Gasteiger partial charge in [-0.25, -0.2) is 0 Å². The second-order valence-corrected chi connectivity index (χ2v) is 6.23. The summed E-state index contributed by atoms with van der Waals surface area (Å²) >= 11 is 0. The van der Waals surface area contributed by atoms with Gasteiger partial charge in [-0.05, 0) is 16.7 Å². The molecular weight excluding hydrogens is 362 g/mol. The van der Waals surface area contributed by atoms with Gasteiger partial charge in [-0.1, -0.05) is 65.8 Å². The maximum atomic E-state index is 10.3. The highest BCUT2D eigenvalue weighted by Gasteiger charge is 2.35. The van der Waals surface area contributed by atoms with E-state index >= 15 is 0 Å². The van der Waals surface area contributed by atoms with Gasteiger partial charge in [0.1, 0.15) is 12.2 Å². The Balaban J connectivity index is 2.20. The second-order valence-electron chi connectivity index (χ2n) is 6.23. The first-order valence-electron chi connectivity index (χ1n) is 8.94. The summed E-state index contributed by atoms with van der Waals surface area (Å²) in [5.74, 6) is 0. The van der Waals surface area contributed by atoms with Crippen LogP contribution in [0.2, 0.25) is 0 Å². The van der Waals surface area contributed by atoms with Crippen molar-refractivity contribution in [2.75, 3.05) is 13.2 Å². The topological polar surface area (TPSA) is 128 Å². The van der Waals surface area contributed by atoms with Gasteiger partial charge < -0.3 is 24.8 Å². The smallest absolute Gasteiger partial charge is 0.113 e. The quantitative estimate of drug-likeness (QED) is 0.292. The Morgan fingerprint density at radius 2 is 1.32 bits per heavy atom. The molecule has 0 aromatic heterocycles. The minimum atomic E-state index is -1.28. The standard InChI is InChI=1S/C20H25N3O5/c21-23-22-17(11-24)19(27-13-15-7-3-1-4-8-15)20(18(26)12-25)28-14-16-9-5-2-6-10-16/h1-10,17-20,24-26H,11-14H2/t17-,18+,19+,20+/m0/s1. The minimum absolute atomic E-state index is 0.155. The lowest BCUT2D eigenvalue weighted by atomic mass is 10.0. The molecule has 0 saturated heterocycles. The van der Waals surface area contributed by atoms with Crippen LogP contribution in [0.1, 0.15) is 11.1 Å². The molecule has 0 unspecified atom stereocenters. The van der Waals surface area contributed by atoms with Gasteiger partial charge in [0.2, 0.25) is 0 Å². The Labute approximate surface area is 163 Å². The van der Waals surface area contributed by atoms with Crippen molar-refractivity contribution < 1.29 is 24.8 Å². The highest BCUT2D eigenvalue weighted by atomic mass is 16.6. The highest BCUT2D eigenvalue weighted by molar-refractivity contribution is 5.14. The third-order valence-corrected chi connectivity index (χ3v) is 4.23. The fourth-order valence-electron chi connectivity index (χ4n) is 2.76. The van der Waals surface area contributed by atoms with Crippen molar-refractivity contribution in [1.29, 1.82) is 0 Å². The van der Waals surface area contributed by atoms with Crippen LogP contribution in [0.15, 0.2) is 65.8 Å². The molecule has 0 bridgehead atoms. The zero-order valence-corrected chi connectivity index (χ0v) is 15.4. The molecule has 0 fully saturated rings. The zero-order valence-electron chi connectivity index (χ0n) is 15.4. The molecule has 0 heterocycles. The van der Waals surface area contributed by atoms with Gasteiger partial charge in [0.25, 0.3) is 0 Å². The van der Waals surface area contributed by atoms with Gasteiger partial charge in [-0.3, -0.25) is 0 Å². The SMILES string of the molecule is [N-]=[N+]=N[C@@H](CO)[C@@H](OCc1ccccc1)[C@H](OCc1ccccc1)[C@H](O)CO. The summed E-state index contributed by atoms with van der Waals surface area (Å²) in [4.78, 5) is 2.75. The molecule has 28 heavy (non-hydrogen) atoms. The molecule has 3 N–H and O–H groups in total. The van der Waals surface area contributed by atoms with E-state index in [1.54, 1.807) is 0 Å². The first-order valence-corrected chi connectivity index (χ1v) is 8.94. The van der Waals surface area contributed by atoms with Gasteiger partial charge in [-0.2, -0.15) is 0 Å². The van der Waals surface area contributed by atoms with Gasteiger partial charge in [0.15, 0.2) is 0 Å². The van der Waals surface area contributed by atoms with Crippen molar-refractivity contribution in [3.8, 4) is 0 Å². The van der Waals surface area contributed by atoms with Gasteiger partial charge in [0.05, 0.1) is 38.6 Å². The number of hydrogen-bond acceptors (Lipinski definition) is 6. The Bertz CT molecular complexity index is 725. The molecular formula is C20H25N3O5. The van der Waals surface area contributed by atoms with E-state index in [1.165, 1.54) is 0 Å². The maximum absolute atomic E-state index is 10.3. The molecule has 150 valence electrons. The summed E-state index contributed by atoms with van der Waals surface area (Å²) in [6.45, 7) is -0.750. The summed E-state index contributed by atoms with van der Waals surface area (Å²) in [7, 11) is 0. The van der Waals surface area contributed by atoms with Crippen LogP contribution < -0.4 is 0 Å². The maximum Gasteiger partial charge on any atom is 0.113 e. The van der Waals surface area contributed by atoms with E-state index in [4.69, 9.17) is 15.0 Å². The lowest BCUT2D eigenvalue weighted by molar-refractivity contribution is -0.150. The Kier molecular flexibility index (Phi) is 9.44. The molecule has 0 radical (unpaired) electrons. The van der Waals surface area contributed by atoms with Crippen LogP contribution in [0.5, 0.6) is 0 Å². The van der Waals surface area contributed by atoms with Crippen LogP contribution in [0, 0.1) is 0 Å². The van der Waals surface area contributed by atoms with Crippen LogP contribution in [-0.2, 0) is 22.7 Å². The fourth-order valence-corrected chi connectivity index (χ4v) is 2.76. The third kappa shape index (κ3) is 6.61. The van der Waals surface area contributed by atoms with E-state index in [9.17, 15) is 15.3 Å². The van der Waals surface area contributed by atoms with Crippen molar-refractivity contribution in [3.63, 3.8) is 0 Å². The van der Waals surface area contributed by atoms with Crippen molar-refractivity contribution >= 4 is 0 Å². The first kappa shape index (κ1) is 21.8. The van der Waals surface area contributed by atoms with Crippen molar-refractivity contribution in [2.24, 2.45) is 5.11 Å². The summed E-state index contributed by atoms with van der Waals surface area (Å²) in [5, 5.41) is 33.0. The van der Waals surface area contributed by atoms with Crippen molar-refractivity contribution in [1.82, 2.24) is 0 Å². The zero-order chi connectivity index (χ0) is 20.2. The van der Waals surface area contributed by atoms with Crippen LogP contribution >= 0.6 is 0 Å². The van der Waals surface area contributed by atoms with Crippen molar-refractivity contribution in [3.05, 3.63) is 82.2 Å². The summed E-state index contributed by atoms with van der Waals surface area (Å²) in [6.07, 6.45) is -3.27. The summed E-state index contributed by atoms with van der Waals surface area (Å²) in [5.41, 5.74) is 10.6. The molecule has 2 aromatic rings.